The van der Waals surface area contributed by atoms with E-state index in [1.54, 1.807) is 5.38 Å². The molecule has 1 aromatic heterocycles. The monoisotopic (exact) mass is 296 g/mol. The summed E-state index contributed by atoms with van der Waals surface area (Å²) in [6, 6.07) is 0. The smallest absolute Gasteiger partial charge is 0.309 e. The van der Waals surface area contributed by atoms with Crippen molar-refractivity contribution in [3.05, 3.63) is 11.1 Å². The Morgan fingerprint density at radius 3 is 2.65 bits per heavy atom. The number of thiazole rings is 1. The summed E-state index contributed by atoms with van der Waals surface area (Å²) in [4.78, 5) is 26.6. The molecule has 110 valence electrons. The van der Waals surface area contributed by atoms with Crippen molar-refractivity contribution in [2.75, 3.05) is 5.32 Å². The van der Waals surface area contributed by atoms with Crippen LogP contribution < -0.4 is 5.32 Å². The molecular formula is C14H20N2O3S. The van der Waals surface area contributed by atoms with Gasteiger partial charge in [-0.2, -0.15) is 0 Å². The first-order valence-electron chi connectivity index (χ1n) is 7.09. The number of carbonyl (C=O) groups excluding carboxylic acids is 1. The van der Waals surface area contributed by atoms with E-state index >= 15 is 0 Å². The number of hydrogen-bond donors (Lipinski definition) is 2. The molecule has 0 saturated heterocycles. The van der Waals surface area contributed by atoms with Gasteiger partial charge in [-0.1, -0.05) is 25.7 Å². The van der Waals surface area contributed by atoms with E-state index in [-0.39, 0.29) is 12.3 Å². The second-order valence-corrected chi connectivity index (χ2v) is 6.18. The largest absolute Gasteiger partial charge is 0.481 e. The summed E-state index contributed by atoms with van der Waals surface area (Å²) >= 11 is 1.28. The maximum atomic E-state index is 12.0. The molecule has 0 bridgehead atoms. The van der Waals surface area contributed by atoms with Crippen molar-refractivity contribution in [3.8, 4) is 0 Å². The molecule has 2 rings (SSSR count). The zero-order valence-electron chi connectivity index (χ0n) is 11.4. The summed E-state index contributed by atoms with van der Waals surface area (Å²) in [6.45, 7) is 0. The molecule has 20 heavy (non-hydrogen) atoms. The quantitative estimate of drug-likeness (QED) is 0.818. The summed E-state index contributed by atoms with van der Waals surface area (Å²) in [5.41, 5.74) is 0.493. The zero-order valence-corrected chi connectivity index (χ0v) is 12.2. The maximum absolute atomic E-state index is 12.0. The minimum atomic E-state index is -0.911. The first-order valence-corrected chi connectivity index (χ1v) is 7.97. The second-order valence-electron chi connectivity index (χ2n) is 5.32. The number of carboxylic acid groups (broad SMARTS) is 1. The molecule has 0 unspecified atom stereocenters. The van der Waals surface area contributed by atoms with Gasteiger partial charge < -0.3 is 10.4 Å². The fourth-order valence-corrected chi connectivity index (χ4v) is 3.33. The van der Waals surface area contributed by atoms with Gasteiger partial charge in [-0.15, -0.1) is 11.3 Å². The molecule has 0 spiro atoms. The highest BCUT2D eigenvalue weighted by atomic mass is 32.1. The van der Waals surface area contributed by atoms with E-state index in [1.165, 1.54) is 37.0 Å². The predicted molar refractivity (Wildman–Crippen MR) is 77.9 cm³/mol. The van der Waals surface area contributed by atoms with E-state index in [0.29, 0.717) is 23.2 Å². The summed E-state index contributed by atoms with van der Waals surface area (Å²) in [5.74, 6) is -0.435. The Kier molecular flexibility index (Phi) is 5.52. The van der Waals surface area contributed by atoms with Crippen LogP contribution in [0.3, 0.4) is 0 Å². The van der Waals surface area contributed by atoms with Crippen LogP contribution in [-0.2, 0) is 16.0 Å². The molecule has 1 aliphatic rings. The average molecular weight is 296 g/mol. The van der Waals surface area contributed by atoms with E-state index in [1.807, 2.05) is 0 Å². The summed E-state index contributed by atoms with van der Waals surface area (Å²) in [6.07, 6.45) is 7.72. The van der Waals surface area contributed by atoms with Gasteiger partial charge in [-0.05, 0) is 18.8 Å². The summed E-state index contributed by atoms with van der Waals surface area (Å²) in [5, 5.41) is 13.6. The van der Waals surface area contributed by atoms with Gasteiger partial charge >= 0.3 is 5.97 Å². The molecule has 1 heterocycles. The van der Waals surface area contributed by atoms with E-state index in [9.17, 15) is 9.59 Å². The second kappa shape index (κ2) is 7.38. The van der Waals surface area contributed by atoms with Crippen LogP contribution in [0.2, 0.25) is 0 Å². The van der Waals surface area contributed by atoms with Crippen molar-refractivity contribution >= 4 is 28.3 Å². The van der Waals surface area contributed by atoms with Gasteiger partial charge in [0.1, 0.15) is 0 Å². The fraction of sp³-hybridized carbons (Fsp3) is 0.643. The van der Waals surface area contributed by atoms with Gasteiger partial charge in [0, 0.05) is 11.8 Å². The Morgan fingerprint density at radius 1 is 1.30 bits per heavy atom. The normalized spacial score (nSPS) is 16.6. The standard InChI is InChI=1S/C14H20N2O3S/c17-12(7-10-5-3-1-2-4-6-10)16-14-15-11(9-20-14)8-13(18)19/h9-10H,1-8H2,(H,18,19)(H,15,16,17). The SMILES string of the molecule is O=C(O)Cc1csc(NC(=O)CC2CCCCCC2)n1. The average Bonchev–Trinajstić information content (AvgIpc) is 2.63. The number of nitrogens with zero attached hydrogens (tertiary/aromatic N) is 1. The number of aromatic nitrogens is 1. The van der Waals surface area contributed by atoms with Crippen LogP contribution in [0.15, 0.2) is 5.38 Å². The van der Waals surface area contributed by atoms with Gasteiger partial charge in [-0.25, -0.2) is 4.98 Å². The lowest BCUT2D eigenvalue weighted by atomic mass is 9.96. The number of amides is 1. The zero-order chi connectivity index (χ0) is 14.4. The Morgan fingerprint density at radius 2 is 2.00 bits per heavy atom. The van der Waals surface area contributed by atoms with E-state index < -0.39 is 5.97 Å². The Balaban J connectivity index is 1.81. The summed E-state index contributed by atoms with van der Waals surface area (Å²) in [7, 11) is 0. The Hall–Kier alpha value is -1.43. The first kappa shape index (κ1) is 15.0. The van der Waals surface area contributed by atoms with Crippen molar-refractivity contribution in [2.45, 2.75) is 51.4 Å². The molecule has 0 aromatic carbocycles. The molecular weight excluding hydrogens is 276 g/mol. The number of hydrogen-bond acceptors (Lipinski definition) is 4. The van der Waals surface area contributed by atoms with Crippen LogP contribution in [0.1, 0.15) is 50.6 Å². The molecule has 0 radical (unpaired) electrons. The third-order valence-electron chi connectivity index (χ3n) is 3.58. The van der Waals surface area contributed by atoms with Gasteiger partial charge in [0.25, 0.3) is 0 Å². The minimum Gasteiger partial charge on any atom is -0.481 e. The van der Waals surface area contributed by atoms with Gasteiger partial charge in [-0.3, -0.25) is 9.59 Å². The van der Waals surface area contributed by atoms with Crippen LogP contribution >= 0.6 is 11.3 Å². The molecule has 1 fully saturated rings. The van der Waals surface area contributed by atoms with Gasteiger partial charge in [0.05, 0.1) is 12.1 Å². The number of carbonyl (C=O) groups is 2. The Labute approximate surface area is 122 Å². The van der Waals surface area contributed by atoms with E-state index in [4.69, 9.17) is 5.11 Å². The lowest BCUT2D eigenvalue weighted by molar-refractivity contribution is -0.136. The molecule has 1 saturated carbocycles. The van der Waals surface area contributed by atoms with Gasteiger partial charge in [0.2, 0.25) is 5.91 Å². The number of nitrogens with one attached hydrogen (secondary N) is 1. The van der Waals surface area contributed by atoms with E-state index in [0.717, 1.165) is 12.8 Å². The van der Waals surface area contributed by atoms with Gasteiger partial charge in [0.15, 0.2) is 5.13 Å². The number of anilines is 1. The number of rotatable bonds is 5. The van der Waals surface area contributed by atoms with Crippen molar-refractivity contribution in [1.29, 1.82) is 0 Å². The molecule has 0 atom stereocenters. The fourth-order valence-electron chi connectivity index (χ4n) is 2.60. The lowest BCUT2D eigenvalue weighted by Crippen LogP contribution is -2.16. The van der Waals surface area contributed by atoms with Crippen molar-refractivity contribution < 1.29 is 14.7 Å². The first-order chi connectivity index (χ1) is 9.63. The van der Waals surface area contributed by atoms with Crippen molar-refractivity contribution in [3.63, 3.8) is 0 Å². The van der Waals surface area contributed by atoms with Crippen LogP contribution in [0.4, 0.5) is 5.13 Å². The topological polar surface area (TPSA) is 79.3 Å². The highest BCUT2D eigenvalue weighted by molar-refractivity contribution is 7.13. The van der Waals surface area contributed by atoms with Crippen LogP contribution in [-0.4, -0.2) is 22.0 Å². The van der Waals surface area contributed by atoms with Crippen molar-refractivity contribution in [1.82, 2.24) is 4.98 Å². The van der Waals surface area contributed by atoms with Crippen LogP contribution in [0.25, 0.3) is 0 Å². The van der Waals surface area contributed by atoms with Crippen LogP contribution in [0, 0.1) is 5.92 Å². The third-order valence-corrected chi connectivity index (χ3v) is 4.39. The Bertz CT molecular complexity index is 465. The molecule has 0 aliphatic heterocycles. The number of aliphatic carboxylic acids is 1. The minimum absolute atomic E-state index is 0.00637. The highest BCUT2D eigenvalue weighted by Crippen LogP contribution is 2.26. The molecule has 1 aliphatic carbocycles. The summed E-state index contributed by atoms with van der Waals surface area (Å²) < 4.78 is 0. The highest BCUT2D eigenvalue weighted by Gasteiger charge is 2.17. The molecule has 6 heteroatoms. The third kappa shape index (κ3) is 4.92. The molecule has 1 amide bonds. The molecule has 1 aromatic rings. The van der Waals surface area contributed by atoms with E-state index in [2.05, 4.69) is 10.3 Å². The van der Waals surface area contributed by atoms with Crippen LogP contribution in [0.5, 0.6) is 0 Å². The lowest BCUT2D eigenvalue weighted by Gasteiger charge is -2.12. The molecule has 5 nitrogen and oxygen atoms in total. The number of carboxylic acids is 1. The molecule has 2 N–H and O–H groups in total. The van der Waals surface area contributed by atoms with Crippen molar-refractivity contribution in [2.24, 2.45) is 5.92 Å². The maximum Gasteiger partial charge on any atom is 0.309 e. The predicted octanol–water partition coefficient (Wildman–Crippen LogP) is 3.07.